The van der Waals surface area contributed by atoms with Gasteiger partial charge in [-0.05, 0) is 47.0 Å². The molecule has 3 aromatic rings. The molecule has 0 heterocycles. The molecular formula is C21H15ClF4O. The summed E-state index contributed by atoms with van der Waals surface area (Å²) in [6.07, 6.45) is -4.35. The monoisotopic (exact) mass is 394 g/mol. The van der Waals surface area contributed by atoms with Gasteiger partial charge in [-0.3, -0.25) is 0 Å². The Bertz CT molecular complexity index is 903. The molecule has 0 bridgehead atoms. The van der Waals surface area contributed by atoms with E-state index in [1.165, 1.54) is 30.3 Å². The minimum absolute atomic E-state index is 0.139. The Labute approximate surface area is 159 Å². The summed E-state index contributed by atoms with van der Waals surface area (Å²) in [6, 6.07) is 16.5. The maximum absolute atomic E-state index is 13.2. The second kappa shape index (κ2) is 8.01. The third kappa shape index (κ3) is 4.80. The summed E-state index contributed by atoms with van der Waals surface area (Å²) in [4.78, 5) is 0. The first-order valence-electron chi connectivity index (χ1n) is 8.10. The van der Waals surface area contributed by atoms with Gasteiger partial charge in [0.15, 0.2) is 0 Å². The summed E-state index contributed by atoms with van der Waals surface area (Å²) in [7, 11) is 0. The number of benzene rings is 3. The second-order valence-electron chi connectivity index (χ2n) is 5.95. The predicted octanol–water partition coefficient (Wildman–Crippen LogP) is 6.83. The molecule has 0 saturated carbocycles. The third-order valence-electron chi connectivity index (χ3n) is 4.06. The smallest absolute Gasteiger partial charge is 0.416 e. The van der Waals surface area contributed by atoms with E-state index in [1.807, 2.05) is 24.3 Å². The van der Waals surface area contributed by atoms with Gasteiger partial charge in [-0.2, -0.15) is 13.2 Å². The van der Waals surface area contributed by atoms with Crippen molar-refractivity contribution in [1.82, 2.24) is 0 Å². The van der Waals surface area contributed by atoms with Crippen LogP contribution < -0.4 is 4.74 Å². The van der Waals surface area contributed by atoms with E-state index in [9.17, 15) is 17.6 Å². The fraction of sp³-hybridized carbons (Fsp3) is 0.143. The summed E-state index contributed by atoms with van der Waals surface area (Å²) in [6.45, 7) is 0.267. The standard InChI is InChI=1S/C21H15ClF4O/c22-12-17-11-19(23)9-10-20(17)27-13-14-1-3-15(4-2-14)16-5-7-18(8-6-16)21(24,25)26/h1-11H,12-13H2. The zero-order valence-corrected chi connectivity index (χ0v) is 14.8. The Morgan fingerprint density at radius 2 is 1.41 bits per heavy atom. The van der Waals surface area contributed by atoms with Crippen molar-refractivity contribution >= 4 is 11.6 Å². The van der Waals surface area contributed by atoms with Gasteiger partial charge in [0, 0.05) is 5.56 Å². The highest BCUT2D eigenvalue weighted by molar-refractivity contribution is 6.17. The zero-order chi connectivity index (χ0) is 19.4. The molecule has 0 fully saturated rings. The van der Waals surface area contributed by atoms with Crippen molar-refractivity contribution in [2.45, 2.75) is 18.7 Å². The molecule has 0 spiro atoms. The third-order valence-corrected chi connectivity index (χ3v) is 4.35. The highest BCUT2D eigenvalue weighted by Crippen LogP contribution is 2.31. The molecule has 0 amide bonds. The van der Waals surface area contributed by atoms with Crippen LogP contribution in [0.1, 0.15) is 16.7 Å². The topological polar surface area (TPSA) is 9.23 Å². The van der Waals surface area contributed by atoms with Crippen LogP contribution in [0.2, 0.25) is 0 Å². The molecule has 0 atom stereocenters. The van der Waals surface area contributed by atoms with Crippen LogP contribution in [0.15, 0.2) is 66.7 Å². The maximum atomic E-state index is 13.2. The molecule has 0 aromatic heterocycles. The Kier molecular flexibility index (Phi) is 5.71. The molecule has 3 rings (SSSR count). The summed E-state index contributed by atoms with van der Waals surface area (Å²) in [5, 5.41) is 0. The highest BCUT2D eigenvalue weighted by Gasteiger charge is 2.29. The van der Waals surface area contributed by atoms with Crippen molar-refractivity contribution in [3.63, 3.8) is 0 Å². The number of hydrogen-bond donors (Lipinski definition) is 0. The van der Waals surface area contributed by atoms with Gasteiger partial charge in [-0.25, -0.2) is 4.39 Å². The molecule has 0 aliphatic heterocycles. The van der Waals surface area contributed by atoms with Crippen LogP contribution in [0.4, 0.5) is 17.6 Å². The van der Waals surface area contributed by atoms with Crippen LogP contribution in [0.3, 0.4) is 0 Å². The van der Waals surface area contributed by atoms with Crippen LogP contribution in [0.5, 0.6) is 5.75 Å². The highest BCUT2D eigenvalue weighted by atomic mass is 35.5. The predicted molar refractivity (Wildman–Crippen MR) is 97.2 cm³/mol. The Morgan fingerprint density at radius 3 is 1.96 bits per heavy atom. The Hall–Kier alpha value is -2.53. The lowest BCUT2D eigenvalue weighted by Gasteiger charge is -2.11. The van der Waals surface area contributed by atoms with Crippen molar-refractivity contribution in [1.29, 1.82) is 0 Å². The van der Waals surface area contributed by atoms with E-state index < -0.39 is 11.7 Å². The largest absolute Gasteiger partial charge is 0.489 e. The van der Waals surface area contributed by atoms with Crippen LogP contribution >= 0.6 is 11.6 Å². The molecule has 27 heavy (non-hydrogen) atoms. The average Bonchev–Trinajstić information content (AvgIpc) is 2.67. The first-order valence-corrected chi connectivity index (χ1v) is 8.64. The molecule has 0 aliphatic rings. The molecule has 6 heteroatoms. The normalized spacial score (nSPS) is 11.4. The minimum Gasteiger partial charge on any atom is -0.489 e. The van der Waals surface area contributed by atoms with E-state index in [-0.39, 0.29) is 18.3 Å². The van der Waals surface area contributed by atoms with Gasteiger partial charge in [-0.1, -0.05) is 36.4 Å². The van der Waals surface area contributed by atoms with Crippen LogP contribution in [-0.2, 0) is 18.7 Å². The van der Waals surface area contributed by atoms with Crippen molar-refractivity contribution in [2.24, 2.45) is 0 Å². The van der Waals surface area contributed by atoms with E-state index in [1.54, 1.807) is 0 Å². The van der Waals surface area contributed by atoms with Gasteiger partial charge < -0.3 is 4.74 Å². The maximum Gasteiger partial charge on any atom is 0.416 e. The van der Waals surface area contributed by atoms with Crippen molar-refractivity contribution in [3.05, 3.63) is 89.2 Å². The van der Waals surface area contributed by atoms with Gasteiger partial charge in [0.05, 0.1) is 11.4 Å². The van der Waals surface area contributed by atoms with E-state index in [0.29, 0.717) is 16.9 Å². The SMILES string of the molecule is Fc1ccc(OCc2ccc(-c3ccc(C(F)(F)F)cc3)cc2)c(CCl)c1. The summed E-state index contributed by atoms with van der Waals surface area (Å²) >= 11 is 5.80. The van der Waals surface area contributed by atoms with Crippen molar-refractivity contribution in [2.75, 3.05) is 0 Å². The number of rotatable bonds is 5. The molecule has 140 valence electrons. The van der Waals surface area contributed by atoms with E-state index in [4.69, 9.17) is 16.3 Å². The fourth-order valence-electron chi connectivity index (χ4n) is 2.60. The van der Waals surface area contributed by atoms with Crippen LogP contribution in [0, 0.1) is 5.82 Å². The van der Waals surface area contributed by atoms with Gasteiger partial charge in [0.25, 0.3) is 0 Å². The first-order chi connectivity index (χ1) is 12.9. The Morgan fingerprint density at radius 1 is 0.815 bits per heavy atom. The lowest BCUT2D eigenvalue weighted by molar-refractivity contribution is -0.137. The van der Waals surface area contributed by atoms with Gasteiger partial charge in [-0.15, -0.1) is 11.6 Å². The van der Waals surface area contributed by atoms with E-state index >= 15 is 0 Å². The average molecular weight is 395 g/mol. The molecule has 0 unspecified atom stereocenters. The number of alkyl halides is 4. The van der Waals surface area contributed by atoms with Crippen LogP contribution in [-0.4, -0.2) is 0 Å². The minimum atomic E-state index is -4.35. The number of halogens is 5. The van der Waals surface area contributed by atoms with Crippen molar-refractivity contribution in [3.8, 4) is 16.9 Å². The molecular weight excluding hydrogens is 380 g/mol. The van der Waals surface area contributed by atoms with E-state index in [0.717, 1.165) is 23.3 Å². The zero-order valence-electron chi connectivity index (χ0n) is 14.1. The van der Waals surface area contributed by atoms with Gasteiger partial charge >= 0.3 is 6.18 Å². The number of ether oxygens (including phenoxy) is 1. The molecule has 0 aliphatic carbocycles. The molecule has 0 saturated heterocycles. The van der Waals surface area contributed by atoms with Crippen molar-refractivity contribution < 1.29 is 22.3 Å². The summed E-state index contributed by atoms with van der Waals surface area (Å²) < 4.78 is 56.8. The number of hydrogen-bond acceptors (Lipinski definition) is 1. The first kappa shape index (κ1) is 19.2. The van der Waals surface area contributed by atoms with Gasteiger partial charge in [0.1, 0.15) is 18.2 Å². The van der Waals surface area contributed by atoms with Crippen LogP contribution in [0.25, 0.3) is 11.1 Å². The summed E-state index contributed by atoms with van der Waals surface area (Å²) in [5.41, 5.74) is 2.26. The van der Waals surface area contributed by atoms with Gasteiger partial charge in [0.2, 0.25) is 0 Å². The molecule has 0 N–H and O–H groups in total. The quantitative estimate of drug-likeness (QED) is 0.340. The Balaban J connectivity index is 1.69. The lowest BCUT2D eigenvalue weighted by Crippen LogP contribution is -2.04. The molecule has 3 aromatic carbocycles. The second-order valence-corrected chi connectivity index (χ2v) is 6.21. The lowest BCUT2D eigenvalue weighted by atomic mass is 10.0. The fourth-order valence-corrected chi connectivity index (χ4v) is 2.81. The molecule has 0 radical (unpaired) electrons. The van der Waals surface area contributed by atoms with E-state index in [2.05, 4.69) is 0 Å². The summed E-state index contributed by atoms with van der Waals surface area (Å²) in [5.74, 6) is 0.275. The molecule has 1 nitrogen and oxygen atoms in total.